The lowest BCUT2D eigenvalue weighted by molar-refractivity contribution is -0.385. The van der Waals surface area contributed by atoms with Crippen LogP contribution in [0.15, 0.2) is 42.5 Å². The summed E-state index contributed by atoms with van der Waals surface area (Å²) < 4.78 is 0. The summed E-state index contributed by atoms with van der Waals surface area (Å²) in [6, 6.07) is 9.95. The Labute approximate surface area is 131 Å². The molecule has 118 valence electrons. The first-order valence-corrected chi connectivity index (χ1v) is 6.60. The Morgan fingerprint density at radius 3 is 2.30 bits per heavy atom. The number of primary amides is 1. The highest BCUT2D eigenvalue weighted by atomic mass is 16.6. The zero-order valence-electron chi connectivity index (χ0n) is 12.2. The molecule has 0 unspecified atom stereocenters. The van der Waals surface area contributed by atoms with Crippen molar-refractivity contribution in [2.45, 2.75) is 6.92 Å². The van der Waals surface area contributed by atoms with Gasteiger partial charge in [0, 0.05) is 28.6 Å². The van der Waals surface area contributed by atoms with Crippen molar-refractivity contribution in [3.05, 3.63) is 63.7 Å². The van der Waals surface area contributed by atoms with Gasteiger partial charge in [-0.1, -0.05) is 12.1 Å². The average molecular weight is 314 g/mol. The molecule has 0 bridgehead atoms. The van der Waals surface area contributed by atoms with Crippen LogP contribution in [0.3, 0.4) is 0 Å². The second-order valence-electron chi connectivity index (χ2n) is 4.73. The Morgan fingerprint density at radius 1 is 1.09 bits per heavy atom. The van der Waals surface area contributed by atoms with E-state index in [1.807, 2.05) is 0 Å². The van der Waals surface area contributed by atoms with Gasteiger partial charge in [-0.3, -0.25) is 14.9 Å². The fraction of sp³-hybridized carbons (Fsp3) is 0.0667. The standard InChI is InChI=1S/C15H14N4O4/c1-9-12(6-3-7-13(9)19(22)23)14(20)17-10-4-2-5-11(8-10)18-15(16)21/h2-8H,1H3,(H,17,20)(H3,16,18,21). The molecule has 8 heteroatoms. The molecule has 0 atom stereocenters. The molecule has 8 nitrogen and oxygen atoms in total. The first kappa shape index (κ1) is 16.0. The summed E-state index contributed by atoms with van der Waals surface area (Å²) in [5.41, 5.74) is 6.23. The zero-order chi connectivity index (χ0) is 17.0. The van der Waals surface area contributed by atoms with E-state index in [0.717, 1.165) is 0 Å². The van der Waals surface area contributed by atoms with Gasteiger partial charge in [0.2, 0.25) is 0 Å². The number of nitrogens with two attached hydrogens (primary N) is 1. The topological polar surface area (TPSA) is 127 Å². The number of urea groups is 1. The van der Waals surface area contributed by atoms with Crippen LogP contribution in [-0.2, 0) is 0 Å². The van der Waals surface area contributed by atoms with Gasteiger partial charge in [0.1, 0.15) is 0 Å². The van der Waals surface area contributed by atoms with Crippen molar-refractivity contribution in [3.63, 3.8) is 0 Å². The Bertz CT molecular complexity index is 789. The molecular formula is C15H14N4O4. The van der Waals surface area contributed by atoms with Crippen LogP contribution in [0.4, 0.5) is 21.9 Å². The maximum Gasteiger partial charge on any atom is 0.316 e. The Balaban J connectivity index is 2.24. The van der Waals surface area contributed by atoms with E-state index in [9.17, 15) is 19.7 Å². The summed E-state index contributed by atoms with van der Waals surface area (Å²) in [5, 5.41) is 15.9. The third-order valence-corrected chi connectivity index (χ3v) is 3.13. The lowest BCUT2D eigenvalue weighted by atomic mass is 10.1. The predicted molar refractivity (Wildman–Crippen MR) is 85.4 cm³/mol. The number of hydrogen-bond donors (Lipinski definition) is 3. The first-order chi connectivity index (χ1) is 10.9. The number of carbonyl (C=O) groups excluding carboxylic acids is 2. The predicted octanol–water partition coefficient (Wildman–Crippen LogP) is 2.65. The number of nitro groups is 1. The Hall–Kier alpha value is -3.42. The maximum absolute atomic E-state index is 12.3. The summed E-state index contributed by atoms with van der Waals surface area (Å²) in [6.45, 7) is 1.51. The van der Waals surface area contributed by atoms with Crippen molar-refractivity contribution >= 4 is 29.0 Å². The normalized spacial score (nSPS) is 9.96. The van der Waals surface area contributed by atoms with Gasteiger partial charge in [-0.2, -0.15) is 0 Å². The number of anilines is 2. The van der Waals surface area contributed by atoms with Crippen molar-refractivity contribution in [1.29, 1.82) is 0 Å². The molecule has 0 heterocycles. The molecule has 2 aromatic rings. The first-order valence-electron chi connectivity index (χ1n) is 6.60. The van der Waals surface area contributed by atoms with Gasteiger partial charge in [-0.05, 0) is 31.2 Å². The molecule has 2 rings (SSSR count). The van der Waals surface area contributed by atoms with Gasteiger partial charge < -0.3 is 16.4 Å². The minimum atomic E-state index is -0.719. The van der Waals surface area contributed by atoms with Gasteiger partial charge in [-0.15, -0.1) is 0 Å². The number of benzene rings is 2. The van der Waals surface area contributed by atoms with E-state index in [1.165, 1.54) is 31.2 Å². The van der Waals surface area contributed by atoms with Crippen LogP contribution in [0.1, 0.15) is 15.9 Å². The molecule has 0 aromatic heterocycles. The lowest BCUT2D eigenvalue weighted by Gasteiger charge is -2.09. The summed E-state index contributed by atoms with van der Waals surface area (Å²) in [5.74, 6) is -0.484. The number of nitro benzene ring substituents is 1. The van der Waals surface area contributed by atoms with Gasteiger partial charge in [-0.25, -0.2) is 4.79 Å². The quantitative estimate of drug-likeness (QED) is 0.592. The summed E-state index contributed by atoms with van der Waals surface area (Å²) in [6.07, 6.45) is 0. The van der Waals surface area contributed by atoms with Crippen LogP contribution in [-0.4, -0.2) is 16.9 Å². The molecule has 0 saturated heterocycles. The third kappa shape index (κ3) is 3.82. The second-order valence-corrected chi connectivity index (χ2v) is 4.73. The van der Waals surface area contributed by atoms with Gasteiger partial charge >= 0.3 is 6.03 Å². The van der Waals surface area contributed by atoms with Crippen LogP contribution in [0.5, 0.6) is 0 Å². The van der Waals surface area contributed by atoms with Crippen LogP contribution in [0, 0.1) is 17.0 Å². The SMILES string of the molecule is Cc1c(C(=O)Nc2cccc(NC(N)=O)c2)cccc1[N+](=O)[O-]. The number of carbonyl (C=O) groups is 2. The fourth-order valence-electron chi connectivity index (χ4n) is 2.08. The van der Waals surface area contributed by atoms with E-state index in [-0.39, 0.29) is 16.8 Å². The number of amides is 3. The zero-order valence-corrected chi connectivity index (χ0v) is 12.2. The summed E-state index contributed by atoms with van der Waals surface area (Å²) in [7, 11) is 0. The van der Waals surface area contributed by atoms with Crippen LogP contribution >= 0.6 is 0 Å². The molecule has 0 aliphatic rings. The highest BCUT2D eigenvalue weighted by Crippen LogP contribution is 2.22. The molecule has 0 aliphatic heterocycles. The minimum absolute atomic E-state index is 0.123. The smallest absolute Gasteiger partial charge is 0.316 e. The van der Waals surface area contributed by atoms with Gasteiger partial charge in [0.15, 0.2) is 0 Å². The summed E-state index contributed by atoms with van der Waals surface area (Å²) in [4.78, 5) is 33.5. The highest BCUT2D eigenvalue weighted by Gasteiger charge is 2.18. The largest absolute Gasteiger partial charge is 0.351 e. The average Bonchev–Trinajstić information content (AvgIpc) is 2.46. The summed E-state index contributed by atoms with van der Waals surface area (Å²) >= 11 is 0. The molecule has 2 aromatic carbocycles. The Morgan fingerprint density at radius 2 is 1.70 bits per heavy atom. The number of hydrogen-bond acceptors (Lipinski definition) is 4. The van der Waals surface area contributed by atoms with E-state index in [1.54, 1.807) is 18.2 Å². The third-order valence-electron chi connectivity index (χ3n) is 3.13. The molecule has 0 saturated carbocycles. The van der Waals surface area contributed by atoms with Crippen molar-refractivity contribution in [1.82, 2.24) is 0 Å². The lowest BCUT2D eigenvalue weighted by Crippen LogP contribution is -2.19. The molecular weight excluding hydrogens is 300 g/mol. The van der Waals surface area contributed by atoms with Crippen LogP contribution in [0.25, 0.3) is 0 Å². The number of rotatable bonds is 4. The van der Waals surface area contributed by atoms with Gasteiger partial charge in [0.25, 0.3) is 11.6 Å². The van der Waals surface area contributed by atoms with Crippen molar-refractivity contribution in [2.24, 2.45) is 5.73 Å². The molecule has 0 radical (unpaired) electrons. The number of nitrogens with one attached hydrogen (secondary N) is 2. The van der Waals surface area contributed by atoms with E-state index in [4.69, 9.17) is 5.73 Å². The molecule has 3 amide bonds. The highest BCUT2D eigenvalue weighted by molar-refractivity contribution is 6.06. The van der Waals surface area contributed by atoms with Crippen LogP contribution in [0.2, 0.25) is 0 Å². The van der Waals surface area contributed by atoms with E-state index in [2.05, 4.69) is 10.6 Å². The van der Waals surface area contributed by atoms with Crippen molar-refractivity contribution in [2.75, 3.05) is 10.6 Å². The Kier molecular flexibility index (Phi) is 4.55. The molecule has 0 spiro atoms. The van der Waals surface area contributed by atoms with Crippen LogP contribution < -0.4 is 16.4 Å². The van der Waals surface area contributed by atoms with E-state index in [0.29, 0.717) is 11.4 Å². The second kappa shape index (κ2) is 6.56. The van der Waals surface area contributed by atoms with Gasteiger partial charge in [0.05, 0.1) is 4.92 Å². The minimum Gasteiger partial charge on any atom is -0.351 e. The maximum atomic E-state index is 12.3. The van der Waals surface area contributed by atoms with E-state index < -0.39 is 16.9 Å². The number of nitrogens with zero attached hydrogens (tertiary/aromatic N) is 1. The van der Waals surface area contributed by atoms with Crippen molar-refractivity contribution < 1.29 is 14.5 Å². The van der Waals surface area contributed by atoms with Crippen molar-refractivity contribution in [3.8, 4) is 0 Å². The monoisotopic (exact) mass is 314 g/mol. The van der Waals surface area contributed by atoms with E-state index >= 15 is 0 Å². The fourth-order valence-corrected chi connectivity index (χ4v) is 2.08. The molecule has 4 N–H and O–H groups in total. The molecule has 0 fully saturated rings. The molecule has 0 aliphatic carbocycles. The molecule has 23 heavy (non-hydrogen) atoms.